The second-order valence-corrected chi connectivity index (χ2v) is 6.37. The van der Waals surface area contributed by atoms with Gasteiger partial charge in [-0.25, -0.2) is 0 Å². The SMILES string of the molecule is Cc1ccccc1/C=C1\SC(=S)N(CC(=O)NCCO)C1=O. The number of carbonyl (C=O) groups excluding carboxylic acids is 2. The molecule has 1 heterocycles. The molecule has 1 saturated heterocycles. The molecule has 1 aromatic rings. The third-order valence-corrected chi connectivity index (χ3v) is 4.46. The van der Waals surface area contributed by atoms with Crippen LogP contribution in [0.2, 0.25) is 0 Å². The zero-order valence-electron chi connectivity index (χ0n) is 12.0. The summed E-state index contributed by atoms with van der Waals surface area (Å²) in [7, 11) is 0. The van der Waals surface area contributed by atoms with Gasteiger partial charge in [0, 0.05) is 6.54 Å². The maximum atomic E-state index is 12.4. The van der Waals surface area contributed by atoms with Gasteiger partial charge in [0.25, 0.3) is 5.91 Å². The maximum absolute atomic E-state index is 12.4. The third-order valence-electron chi connectivity index (χ3n) is 3.08. The Morgan fingerprint density at radius 3 is 2.86 bits per heavy atom. The Balaban J connectivity index is 2.12. The van der Waals surface area contributed by atoms with Crippen molar-refractivity contribution in [2.75, 3.05) is 19.7 Å². The molecule has 1 aliphatic rings. The fourth-order valence-corrected chi connectivity index (χ4v) is 3.17. The third kappa shape index (κ3) is 3.94. The van der Waals surface area contributed by atoms with Crippen LogP contribution in [0.3, 0.4) is 0 Å². The highest BCUT2D eigenvalue weighted by Gasteiger charge is 2.33. The summed E-state index contributed by atoms with van der Waals surface area (Å²) in [6.07, 6.45) is 1.79. The van der Waals surface area contributed by atoms with Crippen LogP contribution >= 0.6 is 24.0 Å². The number of hydrogen-bond donors (Lipinski definition) is 2. The first-order valence-corrected chi connectivity index (χ1v) is 7.94. The molecule has 0 bridgehead atoms. The van der Waals surface area contributed by atoms with Crippen molar-refractivity contribution in [3.63, 3.8) is 0 Å². The van der Waals surface area contributed by atoms with E-state index in [2.05, 4.69) is 5.32 Å². The number of aliphatic hydroxyl groups excluding tert-OH is 1. The summed E-state index contributed by atoms with van der Waals surface area (Å²) in [6, 6.07) is 7.73. The summed E-state index contributed by atoms with van der Waals surface area (Å²) in [6.45, 7) is 1.86. The summed E-state index contributed by atoms with van der Waals surface area (Å²) >= 11 is 6.36. The van der Waals surface area contributed by atoms with Crippen molar-refractivity contribution >= 4 is 46.2 Å². The fourth-order valence-electron chi connectivity index (χ4n) is 1.92. The molecule has 0 unspecified atom stereocenters. The second-order valence-electron chi connectivity index (χ2n) is 4.70. The molecule has 2 amide bonds. The lowest BCUT2D eigenvalue weighted by Gasteiger charge is -2.13. The van der Waals surface area contributed by atoms with Crippen LogP contribution in [-0.4, -0.2) is 45.8 Å². The van der Waals surface area contributed by atoms with Crippen LogP contribution in [0.1, 0.15) is 11.1 Å². The highest BCUT2D eigenvalue weighted by atomic mass is 32.2. The molecule has 0 atom stereocenters. The Morgan fingerprint density at radius 2 is 2.18 bits per heavy atom. The van der Waals surface area contributed by atoms with Crippen molar-refractivity contribution in [1.82, 2.24) is 10.2 Å². The number of thiocarbonyl (C=S) groups is 1. The van der Waals surface area contributed by atoms with E-state index >= 15 is 0 Å². The molecular formula is C15H16N2O3S2. The van der Waals surface area contributed by atoms with Gasteiger partial charge < -0.3 is 10.4 Å². The van der Waals surface area contributed by atoms with Gasteiger partial charge in [0.15, 0.2) is 0 Å². The van der Waals surface area contributed by atoms with Crippen LogP contribution in [-0.2, 0) is 9.59 Å². The Morgan fingerprint density at radius 1 is 1.45 bits per heavy atom. The molecule has 22 heavy (non-hydrogen) atoms. The van der Waals surface area contributed by atoms with Crippen molar-refractivity contribution in [3.8, 4) is 0 Å². The molecule has 2 rings (SSSR count). The molecule has 1 fully saturated rings. The average molecular weight is 336 g/mol. The Labute approximate surface area is 138 Å². The first-order valence-electron chi connectivity index (χ1n) is 6.71. The van der Waals surface area contributed by atoms with Gasteiger partial charge in [0.05, 0.1) is 11.5 Å². The molecular weight excluding hydrogens is 320 g/mol. The van der Waals surface area contributed by atoms with Gasteiger partial charge in [0.2, 0.25) is 5.91 Å². The minimum atomic E-state index is -0.345. The van der Waals surface area contributed by atoms with Crippen molar-refractivity contribution in [3.05, 3.63) is 40.3 Å². The summed E-state index contributed by atoms with van der Waals surface area (Å²) in [5.41, 5.74) is 2.01. The monoisotopic (exact) mass is 336 g/mol. The maximum Gasteiger partial charge on any atom is 0.266 e. The molecule has 7 heteroatoms. The van der Waals surface area contributed by atoms with Crippen LogP contribution in [0.4, 0.5) is 0 Å². The van der Waals surface area contributed by atoms with E-state index in [-0.39, 0.29) is 31.5 Å². The van der Waals surface area contributed by atoms with E-state index in [0.29, 0.717) is 9.23 Å². The summed E-state index contributed by atoms with van der Waals surface area (Å²) in [5.74, 6) is -0.611. The minimum absolute atomic E-state index is 0.129. The lowest BCUT2D eigenvalue weighted by Crippen LogP contribution is -2.40. The number of rotatable bonds is 5. The van der Waals surface area contributed by atoms with Crippen LogP contribution in [0.15, 0.2) is 29.2 Å². The Bertz CT molecular complexity index is 643. The molecule has 0 spiro atoms. The van der Waals surface area contributed by atoms with E-state index < -0.39 is 0 Å². The van der Waals surface area contributed by atoms with Gasteiger partial charge in [-0.15, -0.1) is 0 Å². The van der Waals surface area contributed by atoms with Crippen molar-refractivity contribution in [2.45, 2.75) is 6.92 Å². The number of nitrogens with zero attached hydrogens (tertiary/aromatic N) is 1. The lowest BCUT2D eigenvalue weighted by molar-refractivity contribution is -0.128. The molecule has 5 nitrogen and oxygen atoms in total. The highest BCUT2D eigenvalue weighted by Crippen LogP contribution is 2.32. The predicted molar refractivity (Wildman–Crippen MR) is 91.2 cm³/mol. The van der Waals surface area contributed by atoms with Crippen molar-refractivity contribution < 1.29 is 14.7 Å². The van der Waals surface area contributed by atoms with Gasteiger partial charge in [-0.1, -0.05) is 48.2 Å². The van der Waals surface area contributed by atoms with Gasteiger partial charge >= 0.3 is 0 Å². The van der Waals surface area contributed by atoms with E-state index in [1.54, 1.807) is 6.08 Å². The van der Waals surface area contributed by atoms with Gasteiger partial charge in [0.1, 0.15) is 10.9 Å². The number of hydrogen-bond acceptors (Lipinski definition) is 5. The predicted octanol–water partition coefficient (Wildman–Crippen LogP) is 1.30. The number of thioether (sulfide) groups is 1. The van der Waals surface area contributed by atoms with E-state index in [0.717, 1.165) is 11.1 Å². The number of nitrogens with one attached hydrogen (secondary N) is 1. The summed E-state index contributed by atoms with van der Waals surface area (Å²) in [5, 5.41) is 11.2. The van der Waals surface area contributed by atoms with Gasteiger partial charge in [-0.3, -0.25) is 14.5 Å². The molecule has 1 aromatic carbocycles. The molecule has 2 N–H and O–H groups in total. The van der Waals surface area contributed by atoms with Crippen LogP contribution in [0, 0.1) is 6.92 Å². The van der Waals surface area contributed by atoms with E-state index in [1.807, 2.05) is 31.2 Å². The molecule has 0 saturated carbocycles. The quantitative estimate of drug-likeness (QED) is 0.627. The number of aliphatic hydroxyl groups is 1. The smallest absolute Gasteiger partial charge is 0.266 e. The normalized spacial score (nSPS) is 16.5. The largest absolute Gasteiger partial charge is 0.395 e. The van der Waals surface area contributed by atoms with E-state index in [4.69, 9.17) is 17.3 Å². The summed E-state index contributed by atoms with van der Waals surface area (Å²) < 4.78 is 0.365. The van der Waals surface area contributed by atoms with E-state index in [1.165, 1.54) is 16.7 Å². The van der Waals surface area contributed by atoms with Crippen LogP contribution < -0.4 is 5.32 Å². The molecule has 0 radical (unpaired) electrons. The number of carbonyl (C=O) groups is 2. The van der Waals surface area contributed by atoms with E-state index in [9.17, 15) is 9.59 Å². The molecule has 1 aliphatic heterocycles. The number of amides is 2. The average Bonchev–Trinajstić information content (AvgIpc) is 2.75. The molecule has 0 aliphatic carbocycles. The van der Waals surface area contributed by atoms with Crippen molar-refractivity contribution in [2.24, 2.45) is 0 Å². The van der Waals surface area contributed by atoms with Gasteiger partial charge in [-0.2, -0.15) is 0 Å². The zero-order valence-corrected chi connectivity index (χ0v) is 13.7. The summed E-state index contributed by atoms with van der Waals surface area (Å²) in [4.78, 5) is 25.8. The zero-order chi connectivity index (χ0) is 16.1. The molecule has 0 aromatic heterocycles. The minimum Gasteiger partial charge on any atom is -0.395 e. The Hall–Kier alpha value is -1.70. The second kappa shape index (κ2) is 7.53. The Kier molecular flexibility index (Phi) is 5.70. The van der Waals surface area contributed by atoms with Crippen LogP contribution in [0.25, 0.3) is 6.08 Å². The van der Waals surface area contributed by atoms with Crippen LogP contribution in [0.5, 0.6) is 0 Å². The van der Waals surface area contributed by atoms with Crippen molar-refractivity contribution in [1.29, 1.82) is 0 Å². The first-order chi connectivity index (χ1) is 10.5. The number of aryl methyl sites for hydroxylation is 1. The first kappa shape index (κ1) is 16.7. The standard InChI is InChI=1S/C15H16N2O3S2/c1-10-4-2-3-5-11(10)8-12-14(20)17(15(21)22-12)9-13(19)16-6-7-18/h2-5,8,18H,6-7,9H2,1H3,(H,16,19)/b12-8-. The molecule has 116 valence electrons. The number of benzene rings is 1. The lowest BCUT2D eigenvalue weighted by atomic mass is 10.1. The van der Waals surface area contributed by atoms with Gasteiger partial charge in [-0.05, 0) is 24.1 Å². The topological polar surface area (TPSA) is 69.6 Å². The fraction of sp³-hybridized carbons (Fsp3) is 0.267. The highest BCUT2D eigenvalue weighted by molar-refractivity contribution is 8.26.